The summed E-state index contributed by atoms with van der Waals surface area (Å²) in [6.45, 7) is 5.48. The number of nitrogens with one attached hydrogen (secondary N) is 1. The van der Waals surface area contributed by atoms with Gasteiger partial charge in [-0.3, -0.25) is 0 Å². The van der Waals surface area contributed by atoms with E-state index in [1.54, 1.807) is 26.8 Å². The molecule has 0 heterocycles. The van der Waals surface area contributed by atoms with Crippen LogP contribution < -0.4 is 11.1 Å². The number of hydrogen-bond acceptors (Lipinski definition) is 4. The molecule has 1 rings (SSSR count). The van der Waals surface area contributed by atoms with Crippen LogP contribution >= 0.6 is 0 Å². The van der Waals surface area contributed by atoms with E-state index < -0.39 is 17.7 Å². The molecule has 0 atom stereocenters. The van der Waals surface area contributed by atoms with Crippen molar-refractivity contribution in [3.05, 3.63) is 29.3 Å². The van der Waals surface area contributed by atoms with E-state index in [1.807, 2.05) is 0 Å². The minimum atomic E-state index is -1.04. The van der Waals surface area contributed by atoms with Crippen LogP contribution in [0, 0.1) is 0 Å². The molecule has 4 N–H and O–H groups in total. The number of carbonyl (C=O) groups excluding carboxylic acids is 1. The summed E-state index contributed by atoms with van der Waals surface area (Å²) < 4.78 is 5.08. The Hall–Kier alpha value is -2.24. The number of alkyl carbamates (subject to hydrolysis) is 1. The third-order valence-corrected chi connectivity index (χ3v) is 2.21. The molecule has 104 valence electrons. The molecule has 0 aliphatic rings. The molecule has 1 amide bonds. The van der Waals surface area contributed by atoms with Crippen LogP contribution in [0.25, 0.3) is 0 Å². The number of hydrogen-bond donors (Lipinski definition) is 3. The molecule has 0 fully saturated rings. The molecule has 0 radical (unpaired) electrons. The zero-order valence-corrected chi connectivity index (χ0v) is 11.2. The van der Waals surface area contributed by atoms with Crippen molar-refractivity contribution in [1.29, 1.82) is 0 Å². The summed E-state index contributed by atoms with van der Waals surface area (Å²) in [4.78, 5) is 22.2. The lowest BCUT2D eigenvalue weighted by Crippen LogP contribution is -2.32. The van der Waals surface area contributed by atoms with Gasteiger partial charge in [0.15, 0.2) is 0 Å². The highest BCUT2D eigenvalue weighted by Gasteiger charge is 2.16. The van der Waals surface area contributed by atoms with E-state index in [9.17, 15) is 9.59 Å². The van der Waals surface area contributed by atoms with Gasteiger partial charge in [0.2, 0.25) is 0 Å². The van der Waals surface area contributed by atoms with Crippen LogP contribution in [0.4, 0.5) is 10.5 Å². The van der Waals surface area contributed by atoms with Gasteiger partial charge >= 0.3 is 12.1 Å². The third kappa shape index (κ3) is 4.87. The van der Waals surface area contributed by atoms with Crippen molar-refractivity contribution in [1.82, 2.24) is 5.32 Å². The number of anilines is 1. The molecule has 0 bridgehead atoms. The van der Waals surface area contributed by atoms with E-state index in [2.05, 4.69) is 5.32 Å². The topological polar surface area (TPSA) is 102 Å². The Balaban J connectivity index is 2.64. The van der Waals surface area contributed by atoms with Gasteiger partial charge in [-0.05, 0) is 38.5 Å². The molecule has 1 aromatic carbocycles. The fraction of sp³-hybridized carbons (Fsp3) is 0.385. The Labute approximate surface area is 111 Å². The van der Waals surface area contributed by atoms with Gasteiger partial charge in [0.25, 0.3) is 0 Å². The summed E-state index contributed by atoms with van der Waals surface area (Å²) in [5.41, 5.74) is 6.21. The molecule has 0 unspecified atom stereocenters. The number of ether oxygens (including phenoxy) is 1. The zero-order chi connectivity index (χ0) is 14.6. The quantitative estimate of drug-likeness (QED) is 0.726. The van der Waals surface area contributed by atoms with Crippen LogP contribution in [0.2, 0.25) is 0 Å². The molecule has 6 nitrogen and oxygen atoms in total. The van der Waals surface area contributed by atoms with Crippen LogP contribution in [-0.4, -0.2) is 22.8 Å². The number of amides is 1. The van der Waals surface area contributed by atoms with Gasteiger partial charge in [-0.1, -0.05) is 6.07 Å². The number of benzene rings is 1. The number of carboxylic acids is 1. The molecule has 0 saturated carbocycles. The fourth-order valence-corrected chi connectivity index (χ4v) is 1.37. The first-order valence-electron chi connectivity index (χ1n) is 5.77. The van der Waals surface area contributed by atoms with Crippen LogP contribution in [0.15, 0.2) is 18.2 Å². The molecule has 19 heavy (non-hydrogen) atoms. The maximum absolute atomic E-state index is 11.5. The van der Waals surface area contributed by atoms with Crippen molar-refractivity contribution >= 4 is 17.7 Å². The number of aromatic carboxylic acids is 1. The molecule has 1 aromatic rings. The molecule has 0 saturated heterocycles. The Kier molecular flexibility index (Phi) is 4.37. The van der Waals surface area contributed by atoms with E-state index in [1.165, 1.54) is 12.1 Å². The van der Waals surface area contributed by atoms with Crippen molar-refractivity contribution in [3.63, 3.8) is 0 Å². The summed E-state index contributed by atoms with van der Waals surface area (Å²) in [6.07, 6.45) is -0.547. The van der Waals surface area contributed by atoms with Crippen LogP contribution in [0.1, 0.15) is 36.7 Å². The Bertz CT molecular complexity index is 492. The highest BCUT2D eigenvalue weighted by molar-refractivity contribution is 5.89. The number of nitrogens with two attached hydrogens (primary N) is 1. The minimum Gasteiger partial charge on any atom is -0.478 e. The van der Waals surface area contributed by atoms with Gasteiger partial charge < -0.3 is 20.9 Å². The maximum atomic E-state index is 11.5. The average Bonchev–Trinajstić information content (AvgIpc) is 2.24. The van der Waals surface area contributed by atoms with E-state index in [4.69, 9.17) is 15.6 Å². The third-order valence-electron chi connectivity index (χ3n) is 2.21. The lowest BCUT2D eigenvalue weighted by molar-refractivity contribution is 0.0523. The molecule has 0 aromatic heterocycles. The van der Waals surface area contributed by atoms with Gasteiger partial charge in [0.05, 0.1) is 5.56 Å². The normalized spacial score (nSPS) is 10.9. The standard InChI is InChI=1S/C13H18N2O4/c1-13(2,3)19-12(18)15-7-9-5-4-8(11(16)17)6-10(9)14/h4-6H,7,14H2,1-3H3,(H,15,18)(H,16,17). The van der Waals surface area contributed by atoms with Gasteiger partial charge in [0, 0.05) is 12.2 Å². The first-order chi connectivity index (χ1) is 8.69. The maximum Gasteiger partial charge on any atom is 0.407 e. The second-order valence-corrected chi connectivity index (χ2v) is 5.07. The highest BCUT2D eigenvalue weighted by Crippen LogP contribution is 2.14. The Morgan fingerprint density at radius 2 is 2.00 bits per heavy atom. The summed E-state index contributed by atoms with van der Waals surface area (Å²) in [6, 6.07) is 4.36. The molecule has 0 aliphatic heterocycles. The second-order valence-electron chi connectivity index (χ2n) is 5.07. The van der Waals surface area contributed by atoms with Gasteiger partial charge in [0.1, 0.15) is 5.60 Å². The molecule has 0 aliphatic carbocycles. The van der Waals surface area contributed by atoms with Gasteiger partial charge in [-0.2, -0.15) is 0 Å². The second kappa shape index (κ2) is 5.60. The number of rotatable bonds is 3. The van der Waals surface area contributed by atoms with E-state index in [0.717, 1.165) is 0 Å². The van der Waals surface area contributed by atoms with Gasteiger partial charge in [-0.15, -0.1) is 0 Å². The summed E-state index contributed by atoms with van der Waals surface area (Å²) in [5, 5.41) is 11.4. The van der Waals surface area contributed by atoms with Crippen LogP contribution in [-0.2, 0) is 11.3 Å². The lowest BCUT2D eigenvalue weighted by atomic mass is 10.1. The van der Waals surface area contributed by atoms with Crippen molar-refractivity contribution < 1.29 is 19.4 Å². The zero-order valence-electron chi connectivity index (χ0n) is 11.2. The molecule has 6 heteroatoms. The number of nitrogen functional groups attached to an aromatic ring is 1. The molecule has 0 spiro atoms. The Morgan fingerprint density at radius 3 is 2.47 bits per heavy atom. The van der Waals surface area contributed by atoms with Crippen LogP contribution in [0.5, 0.6) is 0 Å². The smallest absolute Gasteiger partial charge is 0.407 e. The van der Waals surface area contributed by atoms with Gasteiger partial charge in [-0.25, -0.2) is 9.59 Å². The van der Waals surface area contributed by atoms with Crippen molar-refractivity contribution in [2.45, 2.75) is 32.9 Å². The SMILES string of the molecule is CC(C)(C)OC(=O)NCc1ccc(C(=O)O)cc1N. The number of carboxylic acid groups (broad SMARTS) is 1. The average molecular weight is 266 g/mol. The minimum absolute atomic E-state index is 0.110. The number of carbonyl (C=O) groups is 2. The largest absolute Gasteiger partial charge is 0.478 e. The van der Waals surface area contributed by atoms with Crippen molar-refractivity contribution in [2.24, 2.45) is 0 Å². The summed E-state index contributed by atoms with van der Waals surface area (Å²) >= 11 is 0. The van der Waals surface area contributed by atoms with Crippen molar-refractivity contribution in [3.8, 4) is 0 Å². The fourth-order valence-electron chi connectivity index (χ4n) is 1.37. The first-order valence-corrected chi connectivity index (χ1v) is 5.77. The molecular weight excluding hydrogens is 248 g/mol. The summed E-state index contributed by atoms with van der Waals surface area (Å²) in [5.74, 6) is -1.04. The first kappa shape index (κ1) is 14.8. The predicted molar refractivity (Wildman–Crippen MR) is 70.9 cm³/mol. The van der Waals surface area contributed by atoms with E-state index in [0.29, 0.717) is 11.3 Å². The Morgan fingerprint density at radius 1 is 1.37 bits per heavy atom. The highest BCUT2D eigenvalue weighted by atomic mass is 16.6. The van der Waals surface area contributed by atoms with E-state index >= 15 is 0 Å². The predicted octanol–water partition coefficient (Wildman–Crippen LogP) is 1.99. The van der Waals surface area contributed by atoms with E-state index in [-0.39, 0.29) is 12.1 Å². The monoisotopic (exact) mass is 266 g/mol. The summed E-state index contributed by atoms with van der Waals surface area (Å²) in [7, 11) is 0. The molecular formula is C13H18N2O4. The lowest BCUT2D eigenvalue weighted by Gasteiger charge is -2.19. The van der Waals surface area contributed by atoms with Crippen molar-refractivity contribution in [2.75, 3.05) is 5.73 Å². The van der Waals surface area contributed by atoms with Crippen LogP contribution in [0.3, 0.4) is 0 Å².